The quantitative estimate of drug-likeness (QED) is 0.939. The molecule has 0 spiro atoms. The number of amides is 1. The average molecular weight is 327 g/mol. The number of para-hydroxylation sites is 2. The topological polar surface area (TPSA) is 46.5 Å². The highest BCUT2D eigenvalue weighted by Gasteiger charge is 2.16. The minimum atomic E-state index is 0.0180. The molecule has 0 saturated carbocycles. The SMILES string of the molecule is Cc1cc(CC(=O)Nc2ccccc2N2CCOCC2)c(C)n1C. The normalized spacial score (nSPS) is 14.7. The van der Waals surface area contributed by atoms with Gasteiger partial charge in [0.25, 0.3) is 0 Å². The van der Waals surface area contributed by atoms with Crippen molar-refractivity contribution in [3.05, 3.63) is 47.3 Å². The number of nitrogens with one attached hydrogen (secondary N) is 1. The van der Waals surface area contributed by atoms with Crippen molar-refractivity contribution in [3.8, 4) is 0 Å². The molecular formula is C19H25N3O2. The van der Waals surface area contributed by atoms with E-state index in [1.54, 1.807) is 0 Å². The van der Waals surface area contributed by atoms with Crippen LogP contribution in [-0.2, 0) is 23.0 Å². The Morgan fingerprint density at radius 1 is 1.21 bits per heavy atom. The van der Waals surface area contributed by atoms with Gasteiger partial charge in [-0.25, -0.2) is 0 Å². The summed E-state index contributed by atoms with van der Waals surface area (Å²) in [6.45, 7) is 7.27. The van der Waals surface area contributed by atoms with Crippen molar-refractivity contribution in [2.75, 3.05) is 36.5 Å². The van der Waals surface area contributed by atoms with Crippen LogP contribution in [0.5, 0.6) is 0 Å². The van der Waals surface area contributed by atoms with Crippen molar-refractivity contribution in [1.29, 1.82) is 0 Å². The average Bonchev–Trinajstić information content (AvgIpc) is 2.83. The summed E-state index contributed by atoms with van der Waals surface area (Å²) in [6.07, 6.45) is 0.394. The molecule has 128 valence electrons. The summed E-state index contributed by atoms with van der Waals surface area (Å²) in [5.41, 5.74) is 5.33. The van der Waals surface area contributed by atoms with Gasteiger partial charge < -0.3 is 19.5 Å². The Morgan fingerprint density at radius 2 is 1.92 bits per heavy atom. The molecule has 0 radical (unpaired) electrons. The molecule has 5 nitrogen and oxygen atoms in total. The third-order valence-electron chi connectivity index (χ3n) is 4.76. The first-order chi connectivity index (χ1) is 11.6. The van der Waals surface area contributed by atoms with E-state index in [1.807, 2.05) is 25.2 Å². The molecule has 1 N–H and O–H groups in total. The van der Waals surface area contributed by atoms with Crippen LogP contribution in [0.2, 0.25) is 0 Å². The molecule has 2 heterocycles. The van der Waals surface area contributed by atoms with Crippen LogP contribution in [-0.4, -0.2) is 36.8 Å². The first-order valence-electron chi connectivity index (χ1n) is 8.39. The number of hydrogen-bond donors (Lipinski definition) is 1. The number of nitrogens with zero attached hydrogens (tertiary/aromatic N) is 2. The van der Waals surface area contributed by atoms with Gasteiger partial charge in [-0.3, -0.25) is 4.79 Å². The van der Waals surface area contributed by atoms with Crippen molar-refractivity contribution in [3.63, 3.8) is 0 Å². The molecule has 1 amide bonds. The number of aromatic nitrogens is 1. The van der Waals surface area contributed by atoms with Gasteiger partial charge in [-0.1, -0.05) is 12.1 Å². The fourth-order valence-corrected chi connectivity index (χ4v) is 3.14. The molecule has 0 bridgehead atoms. The minimum Gasteiger partial charge on any atom is -0.378 e. The highest BCUT2D eigenvalue weighted by molar-refractivity contribution is 5.95. The van der Waals surface area contributed by atoms with Crippen LogP contribution < -0.4 is 10.2 Å². The van der Waals surface area contributed by atoms with E-state index in [4.69, 9.17) is 4.74 Å². The molecule has 1 saturated heterocycles. The molecule has 2 aromatic rings. The number of anilines is 2. The fourth-order valence-electron chi connectivity index (χ4n) is 3.14. The zero-order valence-corrected chi connectivity index (χ0v) is 14.6. The third-order valence-corrected chi connectivity index (χ3v) is 4.76. The van der Waals surface area contributed by atoms with E-state index < -0.39 is 0 Å². The lowest BCUT2D eigenvalue weighted by Gasteiger charge is -2.30. The summed E-state index contributed by atoms with van der Waals surface area (Å²) in [5.74, 6) is 0.0180. The molecular weight excluding hydrogens is 302 g/mol. The highest BCUT2D eigenvalue weighted by atomic mass is 16.5. The Morgan fingerprint density at radius 3 is 2.58 bits per heavy atom. The molecule has 1 fully saturated rings. The van der Waals surface area contributed by atoms with Crippen molar-refractivity contribution in [2.24, 2.45) is 7.05 Å². The summed E-state index contributed by atoms with van der Waals surface area (Å²) in [6, 6.07) is 10.1. The lowest BCUT2D eigenvalue weighted by atomic mass is 10.1. The molecule has 3 rings (SSSR count). The molecule has 0 atom stereocenters. The van der Waals surface area contributed by atoms with Gasteiger partial charge in [-0.15, -0.1) is 0 Å². The lowest BCUT2D eigenvalue weighted by molar-refractivity contribution is -0.115. The van der Waals surface area contributed by atoms with E-state index in [0.29, 0.717) is 6.42 Å². The zero-order valence-electron chi connectivity index (χ0n) is 14.6. The second-order valence-corrected chi connectivity index (χ2v) is 6.30. The van der Waals surface area contributed by atoms with Gasteiger partial charge in [0.2, 0.25) is 5.91 Å². The van der Waals surface area contributed by atoms with Crippen molar-refractivity contribution in [2.45, 2.75) is 20.3 Å². The number of ether oxygens (including phenoxy) is 1. The standard InChI is InChI=1S/C19H25N3O2/c1-14-12-16(15(2)21(14)3)13-19(23)20-17-6-4-5-7-18(17)22-8-10-24-11-9-22/h4-7,12H,8-11,13H2,1-3H3,(H,20,23). The number of benzene rings is 1. The maximum atomic E-state index is 12.5. The molecule has 1 aromatic carbocycles. The predicted molar refractivity (Wildman–Crippen MR) is 96.7 cm³/mol. The number of aryl methyl sites for hydroxylation is 1. The van der Waals surface area contributed by atoms with Gasteiger partial charge in [0.1, 0.15) is 0 Å². The minimum absolute atomic E-state index is 0.0180. The highest BCUT2D eigenvalue weighted by Crippen LogP contribution is 2.26. The number of carbonyl (C=O) groups is 1. The summed E-state index contributed by atoms with van der Waals surface area (Å²) < 4.78 is 7.53. The van der Waals surface area contributed by atoms with Crippen LogP contribution in [0.4, 0.5) is 11.4 Å². The number of rotatable bonds is 4. The predicted octanol–water partition coefficient (Wildman–Crippen LogP) is 2.66. The van der Waals surface area contributed by atoms with Crippen LogP contribution in [0.1, 0.15) is 17.0 Å². The number of hydrogen-bond acceptors (Lipinski definition) is 3. The monoisotopic (exact) mass is 327 g/mol. The lowest BCUT2D eigenvalue weighted by Crippen LogP contribution is -2.36. The van der Waals surface area contributed by atoms with E-state index in [0.717, 1.165) is 48.9 Å². The number of carbonyl (C=O) groups excluding carboxylic acids is 1. The van der Waals surface area contributed by atoms with Crippen LogP contribution in [0, 0.1) is 13.8 Å². The van der Waals surface area contributed by atoms with Crippen LogP contribution in [0.3, 0.4) is 0 Å². The van der Waals surface area contributed by atoms with Crippen LogP contribution in [0.15, 0.2) is 30.3 Å². The van der Waals surface area contributed by atoms with E-state index in [9.17, 15) is 4.79 Å². The summed E-state index contributed by atoms with van der Waals surface area (Å²) in [4.78, 5) is 14.8. The Kier molecular flexibility index (Phi) is 4.90. The first kappa shape index (κ1) is 16.6. The van der Waals surface area contributed by atoms with Gasteiger partial charge in [0, 0.05) is 31.5 Å². The Bertz CT molecular complexity index is 730. The van der Waals surface area contributed by atoms with Crippen molar-refractivity contribution >= 4 is 17.3 Å². The molecule has 0 aliphatic carbocycles. The van der Waals surface area contributed by atoms with Gasteiger partial charge in [-0.05, 0) is 37.6 Å². The molecule has 24 heavy (non-hydrogen) atoms. The molecule has 5 heteroatoms. The van der Waals surface area contributed by atoms with E-state index in [2.05, 4.69) is 40.8 Å². The zero-order chi connectivity index (χ0) is 17.1. The first-order valence-corrected chi connectivity index (χ1v) is 8.39. The summed E-state index contributed by atoms with van der Waals surface area (Å²) >= 11 is 0. The third kappa shape index (κ3) is 3.46. The van der Waals surface area contributed by atoms with Crippen LogP contribution in [0.25, 0.3) is 0 Å². The van der Waals surface area contributed by atoms with E-state index in [1.165, 1.54) is 5.69 Å². The second kappa shape index (κ2) is 7.09. The van der Waals surface area contributed by atoms with Gasteiger partial charge in [0.05, 0.1) is 31.0 Å². The van der Waals surface area contributed by atoms with Crippen LogP contribution >= 0.6 is 0 Å². The van der Waals surface area contributed by atoms with Gasteiger partial charge >= 0.3 is 0 Å². The summed E-state index contributed by atoms with van der Waals surface area (Å²) in [7, 11) is 2.03. The van der Waals surface area contributed by atoms with Gasteiger partial charge in [-0.2, -0.15) is 0 Å². The van der Waals surface area contributed by atoms with E-state index >= 15 is 0 Å². The molecule has 1 aliphatic heterocycles. The number of morpholine rings is 1. The molecule has 1 aliphatic rings. The molecule has 0 unspecified atom stereocenters. The largest absolute Gasteiger partial charge is 0.378 e. The Balaban J connectivity index is 1.73. The van der Waals surface area contributed by atoms with Gasteiger partial charge in [0.15, 0.2) is 0 Å². The maximum absolute atomic E-state index is 12.5. The van der Waals surface area contributed by atoms with Crippen molar-refractivity contribution in [1.82, 2.24) is 4.57 Å². The maximum Gasteiger partial charge on any atom is 0.228 e. The van der Waals surface area contributed by atoms with Crippen molar-refractivity contribution < 1.29 is 9.53 Å². The smallest absolute Gasteiger partial charge is 0.228 e. The molecule has 1 aromatic heterocycles. The Labute approximate surface area is 143 Å². The fraction of sp³-hybridized carbons (Fsp3) is 0.421. The Hall–Kier alpha value is -2.27. The van der Waals surface area contributed by atoms with E-state index in [-0.39, 0.29) is 5.91 Å². The summed E-state index contributed by atoms with van der Waals surface area (Å²) in [5, 5.41) is 3.08. The second-order valence-electron chi connectivity index (χ2n) is 6.30.